The maximum atomic E-state index is 6.60. The zero-order valence-electron chi connectivity index (χ0n) is 11.4. The van der Waals surface area contributed by atoms with Gasteiger partial charge in [-0.15, -0.1) is 11.6 Å². The highest BCUT2D eigenvalue weighted by Crippen LogP contribution is 2.24. The molecule has 1 unspecified atom stereocenters. The fourth-order valence-electron chi connectivity index (χ4n) is 1.73. The average molecular weight is 252 g/mol. The van der Waals surface area contributed by atoms with Crippen LogP contribution in [0.3, 0.4) is 0 Å². The van der Waals surface area contributed by atoms with E-state index >= 15 is 0 Å². The van der Waals surface area contributed by atoms with Gasteiger partial charge in [0, 0.05) is 5.71 Å². The van der Waals surface area contributed by atoms with E-state index < -0.39 is 4.87 Å². The molecule has 0 N–H and O–H groups in total. The molecule has 94 valence electrons. The first-order chi connectivity index (χ1) is 7.71. The number of alkyl halides is 1. The molecule has 0 aliphatic rings. The topological polar surface area (TPSA) is 12.4 Å². The fourth-order valence-corrected chi connectivity index (χ4v) is 1.92. The van der Waals surface area contributed by atoms with Crippen LogP contribution in [0.5, 0.6) is 0 Å². The standard InChI is InChI=1S/C15H22ClN/c1-12(17-14(2,3)4)15(5,16)11-13-9-7-6-8-10-13/h6-10H,11H2,1-5H3. The van der Waals surface area contributed by atoms with Gasteiger partial charge in [0.2, 0.25) is 0 Å². The van der Waals surface area contributed by atoms with Crippen molar-refractivity contribution < 1.29 is 0 Å². The Kier molecular flexibility index (Phi) is 4.37. The predicted molar refractivity (Wildman–Crippen MR) is 77.3 cm³/mol. The highest BCUT2D eigenvalue weighted by atomic mass is 35.5. The van der Waals surface area contributed by atoms with E-state index in [1.165, 1.54) is 5.56 Å². The summed E-state index contributed by atoms with van der Waals surface area (Å²) in [5.41, 5.74) is 2.17. The lowest BCUT2D eigenvalue weighted by Gasteiger charge is -2.25. The highest BCUT2D eigenvalue weighted by molar-refractivity contribution is 6.35. The second kappa shape index (κ2) is 5.22. The van der Waals surface area contributed by atoms with Gasteiger partial charge in [0.1, 0.15) is 0 Å². The first-order valence-corrected chi connectivity index (χ1v) is 6.38. The Bertz CT molecular complexity index is 385. The number of hydrogen-bond donors (Lipinski definition) is 0. The van der Waals surface area contributed by atoms with E-state index in [0.717, 1.165) is 12.1 Å². The van der Waals surface area contributed by atoms with Crippen molar-refractivity contribution in [1.82, 2.24) is 0 Å². The Balaban J connectivity index is 2.85. The lowest BCUT2D eigenvalue weighted by Crippen LogP contribution is -2.31. The summed E-state index contributed by atoms with van der Waals surface area (Å²) in [6.45, 7) is 10.3. The van der Waals surface area contributed by atoms with Gasteiger partial charge in [-0.1, -0.05) is 30.3 Å². The van der Waals surface area contributed by atoms with Crippen LogP contribution in [0, 0.1) is 0 Å². The molecule has 0 saturated heterocycles. The molecule has 0 amide bonds. The largest absolute Gasteiger partial charge is 0.287 e. The van der Waals surface area contributed by atoms with Crippen LogP contribution in [-0.2, 0) is 6.42 Å². The van der Waals surface area contributed by atoms with Crippen molar-refractivity contribution in [1.29, 1.82) is 0 Å². The third-order valence-electron chi connectivity index (χ3n) is 2.64. The van der Waals surface area contributed by atoms with Gasteiger partial charge in [0.05, 0.1) is 10.4 Å². The summed E-state index contributed by atoms with van der Waals surface area (Å²) in [7, 11) is 0. The summed E-state index contributed by atoms with van der Waals surface area (Å²) >= 11 is 6.60. The Morgan fingerprint density at radius 2 is 1.65 bits per heavy atom. The minimum atomic E-state index is -0.408. The molecule has 17 heavy (non-hydrogen) atoms. The number of hydrogen-bond acceptors (Lipinski definition) is 1. The Morgan fingerprint density at radius 3 is 2.12 bits per heavy atom. The van der Waals surface area contributed by atoms with Crippen LogP contribution >= 0.6 is 11.6 Å². The minimum absolute atomic E-state index is 0.0725. The molecule has 0 radical (unpaired) electrons. The first-order valence-electron chi connectivity index (χ1n) is 6.00. The van der Waals surface area contributed by atoms with Crippen molar-refractivity contribution in [3.8, 4) is 0 Å². The molecule has 0 saturated carbocycles. The monoisotopic (exact) mass is 251 g/mol. The normalized spacial score (nSPS) is 16.7. The lowest BCUT2D eigenvalue weighted by atomic mass is 9.95. The molecule has 1 rings (SSSR count). The molecule has 2 heteroatoms. The number of aliphatic imine (C=N–C) groups is 1. The quantitative estimate of drug-likeness (QED) is 0.555. The van der Waals surface area contributed by atoms with Crippen LogP contribution in [0.15, 0.2) is 35.3 Å². The van der Waals surface area contributed by atoms with Crippen LogP contribution < -0.4 is 0 Å². The third kappa shape index (κ3) is 4.91. The molecule has 1 aromatic carbocycles. The van der Waals surface area contributed by atoms with Crippen molar-refractivity contribution in [2.75, 3.05) is 0 Å². The molecule has 1 nitrogen and oxygen atoms in total. The zero-order chi connectivity index (χ0) is 13.1. The van der Waals surface area contributed by atoms with Gasteiger partial charge in [0.25, 0.3) is 0 Å². The maximum Gasteiger partial charge on any atom is 0.0831 e. The molecule has 0 heterocycles. The zero-order valence-corrected chi connectivity index (χ0v) is 12.2. The molecule has 1 atom stereocenters. The Morgan fingerprint density at radius 1 is 1.12 bits per heavy atom. The number of rotatable bonds is 3. The van der Waals surface area contributed by atoms with E-state index in [0.29, 0.717) is 0 Å². The molecule has 1 aromatic rings. The molecule has 0 aromatic heterocycles. The van der Waals surface area contributed by atoms with Gasteiger partial charge in [-0.25, -0.2) is 0 Å². The number of benzene rings is 1. The second-order valence-corrected chi connectivity index (χ2v) is 6.56. The van der Waals surface area contributed by atoms with Crippen LogP contribution in [-0.4, -0.2) is 16.1 Å². The molecule has 0 fully saturated rings. The molecule has 0 bridgehead atoms. The van der Waals surface area contributed by atoms with E-state index in [4.69, 9.17) is 11.6 Å². The van der Waals surface area contributed by atoms with Gasteiger partial charge in [-0.3, -0.25) is 4.99 Å². The SMILES string of the molecule is CC(=NC(C)(C)C)C(C)(Cl)Cc1ccccc1. The van der Waals surface area contributed by atoms with Crippen molar-refractivity contribution in [2.24, 2.45) is 4.99 Å². The maximum absolute atomic E-state index is 6.60. The van der Waals surface area contributed by atoms with Crippen molar-refractivity contribution >= 4 is 17.3 Å². The number of halogens is 1. The van der Waals surface area contributed by atoms with E-state index in [-0.39, 0.29) is 5.54 Å². The molecule has 0 aliphatic carbocycles. The molecular formula is C15H22ClN. The van der Waals surface area contributed by atoms with Crippen LogP contribution in [0.25, 0.3) is 0 Å². The van der Waals surface area contributed by atoms with Gasteiger partial charge in [-0.2, -0.15) is 0 Å². The smallest absolute Gasteiger partial charge is 0.0831 e. The second-order valence-electron chi connectivity index (χ2n) is 5.73. The lowest BCUT2D eigenvalue weighted by molar-refractivity contribution is 0.576. The fraction of sp³-hybridized carbons (Fsp3) is 0.533. The van der Waals surface area contributed by atoms with Crippen LogP contribution in [0.4, 0.5) is 0 Å². The summed E-state index contributed by atoms with van der Waals surface area (Å²) in [6.07, 6.45) is 0.806. The summed E-state index contributed by atoms with van der Waals surface area (Å²) in [4.78, 5) is 4.25. The molecule has 0 aliphatic heterocycles. The van der Waals surface area contributed by atoms with Crippen molar-refractivity contribution in [3.63, 3.8) is 0 Å². The van der Waals surface area contributed by atoms with E-state index in [9.17, 15) is 0 Å². The van der Waals surface area contributed by atoms with Gasteiger partial charge in [-0.05, 0) is 46.6 Å². The predicted octanol–water partition coefficient (Wildman–Crippen LogP) is 4.49. The summed E-state index contributed by atoms with van der Waals surface area (Å²) in [5.74, 6) is 0. The molecule has 0 spiro atoms. The highest BCUT2D eigenvalue weighted by Gasteiger charge is 2.26. The van der Waals surface area contributed by atoms with Crippen LogP contribution in [0.2, 0.25) is 0 Å². The van der Waals surface area contributed by atoms with Gasteiger partial charge in [0.15, 0.2) is 0 Å². The van der Waals surface area contributed by atoms with E-state index in [1.807, 2.05) is 32.0 Å². The van der Waals surface area contributed by atoms with Crippen LogP contribution in [0.1, 0.15) is 40.2 Å². The summed E-state index contributed by atoms with van der Waals surface area (Å²) in [5, 5.41) is 0. The van der Waals surface area contributed by atoms with E-state index in [2.05, 4.69) is 37.9 Å². The van der Waals surface area contributed by atoms with Crippen molar-refractivity contribution in [3.05, 3.63) is 35.9 Å². The van der Waals surface area contributed by atoms with Crippen molar-refractivity contribution in [2.45, 2.75) is 51.5 Å². The molecular weight excluding hydrogens is 230 g/mol. The Labute approximate surface area is 110 Å². The Hall–Kier alpha value is -0.820. The summed E-state index contributed by atoms with van der Waals surface area (Å²) in [6, 6.07) is 10.3. The number of nitrogens with zero attached hydrogens (tertiary/aromatic N) is 1. The summed E-state index contributed by atoms with van der Waals surface area (Å²) < 4.78 is 0. The first kappa shape index (κ1) is 14.2. The van der Waals surface area contributed by atoms with Gasteiger partial charge >= 0.3 is 0 Å². The van der Waals surface area contributed by atoms with Gasteiger partial charge < -0.3 is 0 Å². The minimum Gasteiger partial charge on any atom is -0.287 e. The van der Waals surface area contributed by atoms with E-state index in [1.54, 1.807) is 0 Å². The average Bonchev–Trinajstić information content (AvgIpc) is 2.15. The third-order valence-corrected chi connectivity index (χ3v) is 3.04.